The van der Waals surface area contributed by atoms with Crippen molar-refractivity contribution in [3.63, 3.8) is 0 Å². The fourth-order valence-electron chi connectivity index (χ4n) is 1.46. The number of unbranched alkanes of at least 4 members (excludes halogenated alkanes) is 2. The zero-order chi connectivity index (χ0) is 14.3. The Morgan fingerprint density at radius 3 is 2.53 bits per heavy atom. The maximum absolute atomic E-state index is 11.6. The molecule has 0 radical (unpaired) electrons. The van der Waals surface area contributed by atoms with Crippen molar-refractivity contribution in [3.05, 3.63) is 32.6 Å². The zero-order valence-electron chi connectivity index (χ0n) is 10.2. The Balaban J connectivity index is 2.33. The molecular formula is C11H14N3O5-. The number of nitrogens with one attached hydrogen (secondary N) is 3. The molecule has 0 saturated heterocycles. The van der Waals surface area contributed by atoms with Crippen LogP contribution in [0, 0.1) is 0 Å². The maximum atomic E-state index is 11.6. The third kappa shape index (κ3) is 5.66. The van der Waals surface area contributed by atoms with Crippen LogP contribution in [-0.2, 0) is 4.79 Å². The van der Waals surface area contributed by atoms with Crippen LogP contribution in [-0.4, -0.2) is 28.4 Å². The Labute approximate surface area is 107 Å². The second-order valence-corrected chi connectivity index (χ2v) is 3.94. The van der Waals surface area contributed by atoms with Gasteiger partial charge in [0.1, 0.15) is 5.69 Å². The maximum Gasteiger partial charge on any atom is 0.326 e. The van der Waals surface area contributed by atoms with E-state index in [1.165, 1.54) is 0 Å². The minimum Gasteiger partial charge on any atom is -0.550 e. The average Bonchev–Trinajstić information content (AvgIpc) is 2.31. The molecule has 8 nitrogen and oxygen atoms in total. The quantitative estimate of drug-likeness (QED) is 0.496. The first-order valence-corrected chi connectivity index (χ1v) is 5.81. The zero-order valence-corrected chi connectivity index (χ0v) is 10.2. The molecule has 1 amide bonds. The summed E-state index contributed by atoms with van der Waals surface area (Å²) in [5, 5.41) is 12.7. The number of hydrogen-bond acceptors (Lipinski definition) is 5. The van der Waals surface area contributed by atoms with Gasteiger partial charge in [-0.2, -0.15) is 0 Å². The fraction of sp³-hybridized carbons (Fsp3) is 0.455. The number of aromatic nitrogens is 2. The minimum atomic E-state index is -1.09. The number of aromatic amines is 2. The number of carbonyl (C=O) groups is 2. The third-order valence-corrected chi connectivity index (χ3v) is 2.35. The summed E-state index contributed by atoms with van der Waals surface area (Å²) >= 11 is 0. The monoisotopic (exact) mass is 268 g/mol. The molecule has 0 saturated carbocycles. The number of carbonyl (C=O) groups excluding carboxylic acids is 2. The standard InChI is InChI=1S/C11H15N3O5/c15-8-6-7(13-11(19)14-8)10(18)12-5-3-1-2-4-9(16)17/h6H,1-5H2,(H,12,18)(H,16,17)(H2,13,14,15,19)/p-1. The SMILES string of the molecule is O=C([O-])CCCCCNC(=O)c1cc(=O)[nH]c(=O)[nH]1. The molecule has 0 aliphatic heterocycles. The van der Waals surface area contributed by atoms with E-state index in [1.807, 2.05) is 4.98 Å². The molecule has 1 aromatic heterocycles. The Morgan fingerprint density at radius 2 is 1.89 bits per heavy atom. The second kappa shape index (κ2) is 7.14. The Morgan fingerprint density at radius 1 is 1.16 bits per heavy atom. The number of hydrogen-bond donors (Lipinski definition) is 3. The molecule has 104 valence electrons. The molecule has 0 unspecified atom stereocenters. The summed E-state index contributed by atoms with van der Waals surface area (Å²) in [6.07, 6.45) is 1.72. The summed E-state index contributed by atoms with van der Waals surface area (Å²) in [7, 11) is 0. The van der Waals surface area contributed by atoms with Gasteiger partial charge in [-0.15, -0.1) is 0 Å². The number of carboxylic acid groups (broad SMARTS) is 1. The molecule has 0 bridgehead atoms. The van der Waals surface area contributed by atoms with E-state index < -0.39 is 23.1 Å². The second-order valence-electron chi connectivity index (χ2n) is 3.94. The summed E-state index contributed by atoms with van der Waals surface area (Å²) in [6.45, 7) is 0.334. The van der Waals surface area contributed by atoms with Crippen LogP contribution in [0.15, 0.2) is 15.7 Å². The van der Waals surface area contributed by atoms with Gasteiger partial charge in [-0.3, -0.25) is 14.6 Å². The topological polar surface area (TPSA) is 135 Å². The molecule has 1 heterocycles. The molecule has 0 aromatic carbocycles. The van der Waals surface area contributed by atoms with Crippen LogP contribution in [0.3, 0.4) is 0 Å². The molecule has 8 heteroatoms. The Hall–Kier alpha value is -2.38. The van der Waals surface area contributed by atoms with Crippen molar-refractivity contribution in [2.45, 2.75) is 25.7 Å². The highest BCUT2D eigenvalue weighted by Gasteiger charge is 2.06. The average molecular weight is 268 g/mol. The van der Waals surface area contributed by atoms with Gasteiger partial charge in [0.15, 0.2) is 0 Å². The highest BCUT2D eigenvalue weighted by atomic mass is 16.4. The van der Waals surface area contributed by atoms with Gasteiger partial charge in [-0.25, -0.2) is 4.79 Å². The van der Waals surface area contributed by atoms with E-state index in [1.54, 1.807) is 0 Å². The van der Waals surface area contributed by atoms with Crippen LogP contribution in [0.5, 0.6) is 0 Å². The molecular weight excluding hydrogens is 254 g/mol. The summed E-state index contributed by atoms with van der Waals surface area (Å²) in [5.41, 5.74) is -1.50. The molecule has 0 aliphatic carbocycles. The van der Waals surface area contributed by atoms with Crippen molar-refractivity contribution in [2.24, 2.45) is 0 Å². The van der Waals surface area contributed by atoms with Crippen molar-refractivity contribution in [3.8, 4) is 0 Å². The van der Waals surface area contributed by atoms with Gasteiger partial charge in [0, 0.05) is 18.6 Å². The van der Waals surface area contributed by atoms with E-state index in [4.69, 9.17) is 0 Å². The molecule has 0 aliphatic rings. The predicted molar refractivity (Wildman–Crippen MR) is 63.5 cm³/mol. The number of aliphatic carboxylic acids is 1. The van der Waals surface area contributed by atoms with Gasteiger partial charge in [0.05, 0.1) is 0 Å². The molecule has 19 heavy (non-hydrogen) atoms. The van der Waals surface area contributed by atoms with E-state index in [2.05, 4.69) is 10.3 Å². The van der Waals surface area contributed by atoms with Gasteiger partial charge in [0.2, 0.25) is 0 Å². The third-order valence-electron chi connectivity index (χ3n) is 2.35. The fourth-order valence-corrected chi connectivity index (χ4v) is 1.46. The summed E-state index contributed by atoms with van der Waals surface area (Å²) in [4.78, 5) is 47.8. The number of amides is 1. The minimum absolute atomic E-state index is 0.00464. The van der Waals surface area contributed by atoms with Crippen LogP contribution in [0.4, 0.5) is 0 Å². The largest absolute Gasteiger partial charge is 0.550 e. The highest BCUT2D eigenvalue weighted by Crippen LogP contribution is 1.98. The van der Waals surface area contributed by atoms with Crippen molar-refractivity contribution in [2.75, 3.05) is 6.54 Å². The number of rotatable bonds is 7. The van der Waals surface area contributed by atoms with Gasteiger partial charge in [0.25, 0.3) is 11.5 Å². The lowest BCUT2D eigenvalue weighted by molar-refractivity contribution is -0.305. The van der Waals surface area contributed by atoms with Crippen molar-refractivity contribution >= 4 is 11.9 Å². The summed E-state index contributed by atoms with van der Waals surface area (Å²) < 4.78 is 0. The first-order valence-electron chi connectivity index (χ1n) is 5.81. The van der Waals surface area contributed by atoms with Crippen LogP contribution in [0.2, 0.25) is 0 Å². The van der Waals surface area contributed by atoms with Crippen molar-refractivity contribution < 1.29 is 14.7 Å². The lowest BCUT2D eigenvalue weighted by Crippen LogP contribution is -2.31. The van der Waals surface area contributed by atoms with E-state index in [0.717, 1.165) is 6.07 Å². The van der Waals surface area contributed by atoms with Crippen LogP contribution in [0.1, 0.15) is 36.2 Å². The van der Waals surface area contributed by atoms with Crippen molar-refractivity contribution in [1.82, 2.24) is 15.3 Å². The molecule has 0 fully saturated rings. The lowest BCUT2D eigenvalue weighted by Gasteiger charge is -2.05. The smallest absolute Gasteiger partial charge is 0.326 e. The van der Waals surface area contributed by atoms with E-state index in [-0.39, 0.29) is 12.1 Å². The highest BCUT2D eigenvalue weighted by molar-refractivity contribution is 5.91. The van der Waals surface area contributed by atoms with Crippen LogP contribution in [0.25, 0.3) is 0 Å². The van der Waals surface area contributed by atoms with Gasteiger partial charge in [-0.05, 0) is 19.3 Å². The van der Waals surface area contributed by atoms with E-state index in [0.29, 0.717) is 25.8 Å². The van der Waals surface area contributed by atoms with Gasteiger partial charge >= 0.3 is 5.69 Å². The number of carboxylic acids is 1. The van der Waals surface area contributed by atoms with Gasteiger partial charge < -0.3 is 20.2 Å². The predicted octanol–water partition coefficient (Wildman–Crippen LogP) is -1.90. The first kappa shape index (κ1) is 14.7. The Kier molecular flexibility index (Phi) is 5.52. The Bertz CT molecular complexity index is 532. The number of H-pyrrole nitrogens is 2. The van der Waals surface area contributed by atoms with E-state index in [9.17, 15) is 24.3 Å². The molecule has 1 rings (SSSR count). The van der Waals surface area contributed by atoms with E-state index >= 15 is 0 Å². The summed E-state index contributed by atoms with van der Waals surface area (Å²) in [6, 6.07) is 0.993. The molecule has 0 atom stereocenters. The van der Waals surface area contributed by atoms with Crippen LogP contribution < -0.4 is 21.7 Å². The lowest BCUT2D eigenvalue weighted by atomic mass is 10.2. The first-order chi connectivity index (χ1) is 8.99. The molecule has 1 aromatic rings. The van der Waals surface area contributed by atoms with Crippen molar-refractivity contribution in [1.29, 1.82) is 0 Å². The van der Waals surface area contributed by atoms with Gasteiger partial charge in [-0.1, -0.05) is 6.42 Å². The normalized spacial score (nSPS) is 10.1. The van der Waals surface area contributed by atoms with Crippen LogP contribution >= 0.6 is 0 Å². The molecule has 0 spiro atoms. The summed E-state index contributed by atoms with van der Waals surface area (Å²) in [5.74, 6) is -1.65. The molecule has 3 N–H and O–H groups in total.